The number of rotatable bonds is 2. The number of hydrogen-bond donors (Lipinski definition) is 1. The van der Waals surface area contributed by atoms with Crippen LogP contribution in [0.15, 0.2) is 71.8 Å². The second kappa shape index (κ2) is 4.70. The van der Waals surface area contributed by atoms with Crippen molar-refractivity contribution < 1.29 is 9.57 Å². The summed E-state index contributed by atoms with van der Waals surface area (Å²) in [5.74, 6) is 0.738. The highest BCUT2D eigenvalue weighted by atomic mass is 32.1. The molecule has 0 radical (unpaired) electrons. The molecule has 0 saturated heterocycles. The van der Waals surface area contributed by atoms with Gasteiger partial charge in [-0.1, -0.05) is 24.3 Å². The molecular weight excluding hydrogens is 242 g/mol. The van der Waals surface area contributed by atoms with Crippen molar-refractivity contribution in [3.8, 4) is 5.75 Å². The highest BCUT2D eigenvalue weighted by Gasteiger charge is 2.11. The minimum absolute atomic E-state index is 0.738. The topological polar surface area (TPSA) is 13.1 Å². The molecule has 0 fully saturated rings. The van der Waals surface area contributed by atoms with Gasteiger partial charge in [-0.05, 0) is 24.3 Å². The predicted octanol–water partition coefficient (Wildman–Crippen LogP) is 3.26. The second-order valence-electron chi connectivity index (χ2n) is 3.95. The average Bonchev–Trinajstić information content (AvgIpc) is 2.42. The maximum absolute atomic E-state index is 5.86. The van der Waals surface area contributed by atoms with Gasteiger partial charge in [0.05, 0.1) is 10.3 Å². The number of benzene rings is 2. The number of fused-ring (bicyclic) bond motifs is 1. The Hall–Kier alpha value is -2.00. The molecule has 2 aromatic carbocycles. The van der Waals surface area contributed by atoms with E-state index in [4.69, 9.17) is 4.84 Å². The first-order valence-corrected chi connectivity index (χ1v) is 6.15. The summed E-state index contributed by atoms with van der Waals surface area (Å²) in [7, 11) is 0. The van der Waals surface area contributed by atoms with E-state index in [2.05, 4.69) is 24.8 Å². The van der Waals surface area contributed by atoms with Crippen LogP contribution in [0.1, 0.15) is 0 Å². The quantitative estimate of drug-likeness (QED) is 0.547. The van der Waals surface area contributed by atoms with Crippen LogP contribution in [0.4, 0.5) is 0 Å². The standard InChI is InChI=1S/C15H11NOS/c18-15-10-4-3-9-14(15)17-16-11-5-7-12-6-1-2-8-13(12)16/h1-11H/p+1. The smallest absolute Gasteiger partial charge is 0.230 e. The van der Waals surface area contributed by atoms with Crippen LogP contribution in [-0.2, 0) is 0 Å². The molecule has 3 heteroatoms. The first-order valence-electron chi connectivity index (χ1n) is 5.70. The highest BCUT2D eigenvalue weighted by molar-refractivity contribution is 7.80. The van der Waals surface area contributed by atoms with Crippen LogP contribution in [0.5, 0.6) is 5.75 Å². The summed E-state index contributed by atoms with van der Waals surface area (Å²) >= 11 is 4.38. The van der Waals surface area contributed by atoms with Gasteiger partial charge < -0.3 is 0 Å². The van der Waals surface area contributed by atoms with Gasteiger partial charge >= 0.3 is 0 Å². The molecule has 3 aromatic rings. The van der Waals surface area contributed by atoms with Crippen LogP contribution in [-0.4, -0.2) is 0 Å². The normalized spacial score (nSPS) is 10.5. The van der Waals surface area contributed by atoms with Gasteiger partial charge in [0, 0.05) is 16.9 Å². The summed E-state index contributed by atoms with van der Waals surface area (Å²) in [6.45, 7) is 0. The van der Waals surface area contributed by atoms with E-state index in [-0.39, 0.29) is 0 Å². The van der Waals surface area contributed by atoms with Crippen LogP contribution < -0.4 is 9.57 Å². The third-order valence-electron chi connectivity index (χ3n) is 2.73. The monoisotopic (exact) mass is 254 g/mol. The molecule has 88 valence electrons. The number of nitrogens with zero attached hydrogens (tertiary/aromatic N) is 1. The van der Waals surface area contributed by atoms with Gasteiger partial charge in [-0.3, -0.25) is 0 Å². The molecule has 0 aliphatic heterocycles. The van der Waals surface area contributed by atoms with E-state index >= 15 is 0 Å². The summed E-state index contributed by atoms with van der Waals surface area (Å²) in [4.78, 5) is 6.68. The van der Waals surface area contributed by atoms with Gasteiger partial charge in [0.2, 0.25) is 11.9 Å². The van der Waals surface area contributed by atoms with Gasteiger partial charge in [-0.15, -0.1) is 12.6 Å². The van der Waals surface area contributed by atoms with Crippen LogP contribution in [0.25, 0.3) is 10.9 Å². The fourth-order valence-corrected chi connectivity index (χ4v) is 2.06. The lowest BCUT2D eigenvalue weighted by molar-refractivity contribution is -0.855. The first kappa shape index (κ1) is 11.1. The molecule has 18 heavy (non-hydrogen) atoms. The summed E-state index contributed by atoms with van der Waals surface area (Å²) in [6.07, 6.45) is 1.89. The van der Waals surface area contributed by atoms with E-state index < -0.39 is 0 Å². The van der Waals surface area contributed by atoms with Crippen molar-refractivity contribution in [3.05, 3.63) is 66.9 Å². The average molecular weight is 254 g/mol. The van der Waals surface area contributed by atoms with E-state index in [9.17, 15) is 0 Å². The molecule has 0 aliphatic carbocycles. The molecular formula is C15H12NOS+. The van der Waals surface area contributed by atoms with Crippen LogP contribution in [0, 0.1) is 0 Å². The van der Waals surface area contributed by atoms with Crippen molar-refractivity contribution in [2.45, 2.75) is 4.90 Å². The zero-order valence-corrected chi connectivity index (χ0v) is 10.5. The summed E-state index contributed by atoms with van der Waals surface area (Å²) in [5, 5.41) is 1.14. The van der Waals surface area contributed by atoms with Crippen LogP contribution in [0.3, 0.4) is 0 Å². The molecule has 0 unspecified atom stereocenters. The fourth-order valence-electron chi connectivity index (χ4n) is 1.85. The maximum Gasteiger partial charge on any atom is 0.265 e. The Bertz CT molecular complexity index is 691. The van der Waals surface area contributed by atoms with E-state index in [0.29, 0.717) is 0 Å². The van der Waals surface area contributed by atoms with Crippen molar-refractivity contribution in [3.63, 3.8) is 0 Å². The molecule has 0 amide bonds. The molecule has 1 aromatic heterocycles. The Morgan fingerprint density at radius 3 is 2.44 bits per heavy atom. The van der Waals surface area contributed by atoms with Crippen molar-refractivity contribution in [2.75, 3.05) is 0 Å². The Morgan fingerprint density at radius 1 is 0.833 bits per heavy atom. The fraction of sp³-hybridized carbons (Fsp3) is 0. The molecule has 0 saturated carbocycles. The Balaban J connectivity index is 2.08. The Morgan fingerprint density at radius 2 is 1.56 bits per heavy atom. The number of hydrogen-bond acceptors (Lipinski definition) is 2. The van der Waals surface area contributed by atoms with Gasteiger partial charge in [0.1, 0.15) is 0 Å². The molecule has 0 bridgehead atoms. The van der Waals surface area contributed by atoms with E-state index in [1.807, 2.05) is 54.7 Å². The lowest BCUT2D eigenvalue weighted by Gasteiger charge is -2.02. The van der Waals surface area contributed by atoms with Crippen LogP contribution in [0.2, 0.25) is 0 Å². The summed E-state index contributed by atoms with van der Waals surface area (Å²) in [5.41, 5.74) is 1.02. The molecule has 1 heterocycles. The van der Waals surface area contributed by atoms with Crippen molar-refractivity contribution in [1.29, 1.82) is 0 Å². The van der Waals surface area contributed by atoms with Crippen LogP contribution >= 0.6 is 12.6 Å². The molecule has 2 nitrogen and oxygen atoms in total. The predicted molar refractivity (Wildman–Crippen MR) is 73.9 cm³/mol. The van der Waals surface area contributed by atoms with Crippen molar-refractivity contribution in [1.82, 2.24) is 0 Å². The molecule has 0 atom stereocenters. The minimum Gasteiger partial charge on any atom is -0.230 e. The zero-order chi connectivity index (χ0) is 12.4. The zero-order valence-electron chi connectivity index (χ0n) is 9.65. The minimum atomic E-state index is 0.738. The third kappa shape index (κ3) is 2.05. The van der Waals surface area contributed by atoms with Crippen molar-refractivity contribution in [2.24, 2.45) is 0 Å². The molecule has 0 aliphatic rings. The lowest BCUT2D eigenvalue weighted by Crippen LogP contribution is -2.39. The summed E-state index contributed by atoms with van der Waals surface area (Å²) < 4.78 is 1.75. The summed E-state index contributed by atoms with van der Waals surface area (Å²) in [6, 6.07) is 19.8. The van der Waals surface area contributed by atoms with Gasteiger partial charge in [-0.25, -0.2) is 4.84 Å². The number of pyridine rings is 1. The van der Waals surface area contributed by atoms with E-state index in [1.165, 1.54) is 0 Å². The van der Waals surface area contributed by atoms with Crippen molar-refractivity contribution >= 4 is 23.5 Å². The maximum atomic E-state index is 5.86. The Labute approximate surface area is 111 Å². The molecule has 3 rings (SSSR count). The molecule has 0 spiro atoms. The largest absolute Gasteiger partial charge is 0.265 e. The third-order valence-corrected chi connectivity index (χ3v) is 3.10. The van der Waals surface area contributed by atoms with Gasteiger partial charge in [-0.2, -0.15) is 0 Å². The number of aromatic nitrogens is 1. The SMILES string of the molecule is Sc1ccccc1O[n+]1cccc2ccccc21. The van der Waals surface area contributed by atoms with Gasteiger partial charge in [0.25, 0.3) is 5.52 Å². The van der Waals surface area contributed by atoms with Gasteiger partial charge in [0.15, 0.2) is 0 Å². The lowest BCUT2D eigenvalue weighted by atomic mass is 10.2. The van der Waals surface area contributed by atoms with E-state index in [1.54, 1.807) is 4.73 Å². The molecule has 0 N–H and O–H groups in total. The highest BCUT2D eigenvalue weighted by Crippen LogP contribution is 2.20. The number of para-hydroxylation sites is 2. The van der Waals surface area contributed by atoms with E-state index in [0.717, 1.165) is 21.5 Å². The number of thiol groups is 1. The second-order valence-corrected chi connectivity index (χ2v) is 4.43. The first-order chi connectivity index (χ1) is 8.84. The Kier molecular flexibility index (Phi) is 2.90.